The summed E-state index contributed by atoms with van der Waals surface area (Å²) >= 11 is 1.63. The first kappa shape index (κ1) is 18.6. The van der Waals surface area contributed by atoms with Crippen LogP contribution in [0, 0.1) is 5.92 Å². The second-order valence-corrected chi connectivity index (χ2v) is 7.56. The van der Waals surface area contributed by atoms with E-state index in [0.717, 1.165) is 0 Å². The highest BCUT2D eigenvalue weighted by atomic mass is 32.2. The smallest absolute Gasteiger partial charge is 0.330 e. The van der Waals surface area contributed by atoms with E-state index in [9.17, 15) is 9.59 Å². The van der Waals surface area contributed by atoms with Crippen molar-refractivity contribution in [3.63, 3.8) is 0 Å². The third-order valence-corrected chi connectivity index (χ3v) is 5.40. The molecule has 1 aliphatic heterocycles. The first-order chi connectivity index (χ1) is 11.3. The van der Waals surface area contributed by atoms with Crippen LogP contribution >= 0.6 is 11.8 Å². The predicted octanol–water partition coefficient (Wildman–Crippen LogP) is 3.19. The number of ether oxygens (including phenoxy) is 2. The van der Waals surface area contributed by atoms with Crippen LogP contribution in [-0.4, -0.2) is 47.2 Å². The molecule has 2 unspecified atom stereocenters. The van der Waals surface area contributed by atoms with E-state index in [2.05, 4.69) is 13.8 Å². The van der Waals surface area contributed by atoms with Crippen LogP contribution in [0.5, 0.6) is 5.75 Å². The van der Waals surface area contributed by atoms with Crippen LogP contribution in [0.2, 0.25) is 0 Å². The van der Waals surface area contributed by atoms with Crippen molar-refractivity contribution in [3.05, 3.63) is 29.8 Å². The zero-order valence-corrected chi connectivity index (χ0v) is 15.6. The van der Waals surface area contributed by atoms with Crippen molar-refractivity contribution in [1.82, 2.24) is 4.90 Å². The van der Waals surface area contributed by atoms with Crippen LogP contribution in [0.3, 0.4) is 0 Å². The SMILES string of the molecule is COc1cccc(C(=O)N2C(C(=O)OC(C)C)CSC2C(C)C)c1. The summed E-state index contributed by atoms with van der Waals surface area (Å²) in [7, 11) is 1.56. The van der Waals surface area contributed by atoms with Crippen LogP contribution in [0.4, 0.5) is 0 Å². The van der Waals surface area contributed by atoms with E-state index in [1.807, 2.05) is 13.8 Å². The van der Waals surface area contributed by atoms with Gasteiger partial charge in [0.2, 0.25) is 0 Å². The van der Waals surface area contributed by atoms with Gasteiger partial charge in [-0.15, -0.1) is 11.8 Å². The normalized spacial score (nSPS) is 20.5. The Labute approximate surface area is 147 Å². The Bertz CT molecular complexity index is 602. The fourth-order valence-electron chi connectivity index (χ4n) is 2.70. The molecule has 132 valence electrons. The largest absolute Gasteiger partial charge is 0.497 e. The quantitative estimate of drug-likeness (QED) is 0.763. The lowest BCUT2D eigenvalue weighted by atomic mass is 10.1. The van der Waals surface area contributed by atoms with Gasteiger partial charge in [-0.3, -0.25) is 4.79 Å². The van der Waals surface area contributed by atoms with Gasteiger partial charge in [0.1, 0.15) is 11.8 Å². The Hall–Kier alpha value is -1.69. The minimum atomic E-state index is -0.552. The molecular formula is C18H25NO4S. The van der Waals surface area contributed by atoms with Gasteiger partial charge in [0.25, 0.3) is 5.91 Å². The summed E-state index contributed by atoms with van der Waals surface area (Å²) in [5.41, 5.74) is 0.518. The Balaban J connectivity index is 2.31. The number of esters is 1. The molecule has 0 saturated carbocycles. The number of carbonyl (C=O) groups excluding carboxylic acids is 2. The van der Waals surface area contributed by atoms with E-state index in [4.69, 9.17) is 9.47 Å². The number of benzene rings is 1. The fourth-order valence-corrected chi connectivity index (χ4v) is 4.16. The summed E-state index contributed by atoms with van der Waals surface area (Å²) in [5, 5.41) is -0.0478. The lowest BCUT2D eigenvalue weighted by molar-refractivity contribution is -0.152. The molecule has 1 heterocycles. The Morgan fingerprint density at radius 1 is 1.25 bits per heavy atom. The molecule has 5 nitrogen and oxygen atoms in total. The van der Waals surface area contributed by atoms with E-state index >= 15 is 0 Å². The van der Waals surface area contributed by atoms with Crippen molar-refractivity contribution in [2.75, 3.05) is 12.9 Å². The maximum atomic E-state index is 13.1. The van der Waals surface area contributed by atoms with E-state index in [0.29, 0.717) is 17.1 Å². The van der Waals surface area contributed by atoms with Crippen LogP contribution in [-0.2, 0) is 9.53 Å². The summed E-state index contributed by atoms with van der Waals surface area (Å²) < 4.78 is 10.6. The van der Waals surface area contributed by atoms with E-state index < -0.39 is 6.04 Å². The number of carbonyl (C=O) groups is 2. The van der Waals surface area contributed by atoms with Crippen molar-refractivity contribution in [2.24, 2.45) is 5.92 Å². The van der Waals surface area contributed by atoms with Gasteiger partial charge in [-0.1, -0.05) is 19.9 Å². The number of thioether (sulfide) groups is 1. The molecule has 1 aliphatic rings. The van der Waals surface area contributed by atoms with Crippen molar-refractivity contribution >= 4 is 23.6 Å². The zero-order chi connectivity index (χ0) is 17.9. The van der Waals surface area contributed by atoms with Crippen molar-refractivity contribution < 1.29 is 19.1 Å². The Morgan fingerprint density at radius 3 is 2.54 bits per heavy atom. The average Bonchev–Trinajstić information content (AvgIpc) is 2.98. The average molecular weight is 351 g/mol. The molecule has 0 bridgehead atoms. The van der Waals surface area contributed by atoms with E-state index in [-0.39, 0.29) is 29.3 Å². The molecule has 1 amide bonds. The summed E-state index contributed by atoms with van der Waals surface area (Å²) in [5.74, 6) is 0.918. The van der Waals surface area contributed by atoms with E-state index in [1.54, 1.807) is 48.0 Å². The molecule has 1 aromatic rings. The van der Waals surface area contributed by atoms with E-state index in [1.165, 1.54) is 0 Å². The number of nitrogens with zero attached hydrogens (tertiary/aromatic N) is 1. The highest BCUT2D eigenvalue weighted by molar-refractivity contribution is 8.00. The number of hydrogen-bond donors (Lipinski definition) is 0. The van der Waals surface area contributed by atoms with Gasteiger partial charge < -0.3 is 14.4 Å². The van der Waals surface area contributed by atoms with Crippen molar-refractivity contribution in [3.8, 4) is 5.75 Å². The first-order valence-electron chi connectivity index (χ1n) is 8.14. The molecule has 2 atom stereocenters. The molecule has 2 rings (SSSR count). The third-order valence-electron chi connectivity index (χ3n) is 3.78. The van der Waals surface area contributed by atoms with Crippen LogP contribution in [0.1, 0.15) is 38.1 Å². The number of methoxy groups -OCH3 is 1. The summed E-state index contributed by atoms with van der Waals surface area (Å²) in [6.45, 7) is 7.74. The highest BCUT2D eigenvalue weighted by Crippen LogP contribution is 2.36. The predicted molar refractivity (Wildman–Crippen MR) is 95.3 cm³/mol. The maximum absolute atomic E-state index is 13.1. The molecule has 0 aliphatic carbocycles. The summed E-state index contributed by atoms with van der Waals surface area (Å²) in [4.78, 5) is 27.2. The molecule has 1 saturated heterocycles. The lowest BCUT2D eigenvalue weighted by Crippen LogP contribution is -2.48. The number of amides is 1. The number of hydrogen-bond acceptors (Lipinski definition) is 5. The minimum absolute atomic E-state index is 0.0478. The first-order valence-corrected chi connectivity index (χ1v) is 9.18. The van der Waals surface area contributed by atoms with Crippen molar-refractivity contribution in [1.29, 1.82) is 0 Å². The molecule has 0 N–H and O–H groups in total. The van der Waals surface area contributed by atoms with Crippen LogP contribution in [0.25, 0.3) is 0 Å². The van der Waals surface area contributed by atoms with Gasteiger partial charge in [0, 0.05) is 11.3 Å². The second-order valence-electron chi connectivity index (χ2n) is 6.41. The molecule has 1 fully saturated rings. The lowest BCUT2D eigenvalue weighted by Gasteiger charge is -2.31. The topological polar surface area (TPSA) is 55.8 Å². The van der Waals surface area contributed by atoms with Gasteiger partial charge in [0.15, 0.2) is 0 Å². The third kappa shape index (κ3) is 4.04. The van der Waals surface area contributed by atoms with Crippen LogP contribution < -0.4 is 4.74 Å². The standard InChI is InChI=1S/C18H25NO4S/c1-11(2)17-19(15(10-24-17)18(21)23-12(3)4)16(20)13-7-6-8-14(9-13)22-5/h6-9,11-12,15,17H,10H2,1-5H3. The molecule has 1 aromatic carbocycles. The monoisotopic (exact) mass is 351 g/mol. The summed E-state index contributed by atoms with van der Waals surface area (Å²) in [6.07, 6.45) is -0.200. The molecule has 0 radical (unpaired) electrons. The zero-order valence-electron chi connectivity index (χ0n) is 14.8. The van der Waals surface area contributed by atoms with Gasteiger partial charge in [-0.05, 0) is 38.0 Å². The Morgan fingerprint density at radius 2 is 1.96 bits per heavy atom. The molecule has 0 spiro atoms. The van der Waals surface area contributed by atoms with Crippen molar-refractivity contribution in [2.45, 2.75) is 45.2 Å². The molecule has 24 heavy (non-hydrogen) atoms. The maximum Gasteiger partial charge on any atom is 0.330 e. The molecular weight excluding hydrogens is 326 g/mol. The summed E-state index contributed by atoms with van der Waals surface area (Å²) in [6, 6.07) is 6.47. The van der Waals surface area contributed by atoms with Gasteiger partial charge >= 0.3 is 5.97 Å². The van der Waals surface area contributed by atoms with Gasteiger partial charge in [-0.25, -0.2) is 4.79 Å². The minimum Gasteiger partial charge on any atom is -0.497 e. The fraction of sp³-hybridized carbons (Fsp3) is 0.556. The molecule has 0 aromatic heterocycles. The Kier molecular flexibility index (Phi) is 6.15. The number of rotatable bonds is 5. The molecule has 6 heteroatoms. The van der Waals surface area contributed by atoms with Crippen LogP contribution in [0.15, 0.2) is 24.3 Å². The van der Waals surface area contributed by atoms with Gasteiger partial charge in [0.05, 0.1) is 18.6 Å². The highest BCUT2D eigenvalue weighted by Gasteiger charge is 2.44. The van der Waals surface area contributed by atoms with Gasteiger partial charge in [-0.2, -0.15) is 0 Å². The second kappa shape index (κ2) is 7.92.